The number of H-pyrrole nitrogens is 1. The lowest BCUT2D eigenvalue weighted by Crippen LogP contribution is -2.14. The summed E-state index contributed by atoms with van der Waals surface area (Å²) in [4.78, 5) is 26.3. The summed E-state index contributed by atoms with van der Waals surface area (Å²) in [6.45, 7) is 1.80. The molecule has 0 unspecified atom stereocenters. The standard InChI is InChI=1S/C19H14F4N2O3/c1-2-28-18(27)24-12-5-3-10-7-16(25-17(26)14(10)9-12)13-6-4-11(20)8-15(13)19(21,22)23/h3-9H,2H2,1H3,(H,24,27)(H,25,26). The number of carbonyl (C=O) groups is 1. The molecular weight excluding hydrogens is 380 g/mol. The molecule has 3 aromatic rings. The largest absolute Gasteiger partial charge is 0.450 e. The molecule has 2 N–H and O–H groups in total. The summed E-state index contributed by atoms with van der Waals surface area (Å²) >= 11 is 0. The number of rotatable bonds is 3. The summed E-state index contributed by atoms with van der Waals surface area (Å²) in [7, 11) is 0. The maximum atomic E-state index is 13.3. The molecule has 2 aromatic carbocycles. The zero-order chi connectivity index (χ0) is 20.5. The normalized spacial score (nSPS) is 11.5. The van der Waals surface area contributed by atoms with Crippen LogP contribution in [0.5, 0.6) is 0 Å². The quantitative estimate of drug-likeness (QED) is 0.620. The third-order valence-electron chi connectivity index (χ3n) is 3.94. The molecule has 0 spiro atoms. The van der Waals surface area contributed by atoms with E-state index in [1.165, 1.54) is 24.3 Å². The van der Waals surface area contributed by atoms with E-state index in [1.807, 2.05) is 0 Å². The van der Waals surface area contributed by atoms with Gasteiger partial charge in [0.2, 0.25) is 0 Å². The van der Waals surface area contributed by atoms with Crippen LogP contribution in [0.2, 0.25) is 0 Å². The van der Waals surface area contributed by atoms with E-state index in [-0.39, 0.29) is 23.3 Å². The predicted molar refractivity (Wildman–Crippen MR) is 95.6 cm³/mol. The van der Waals surface area contributed by atoms with Gasteiger partial charge in [-0.2, -0.15) is 13.2 Å². The number of carbonyl (C=O) groups excluding carboxylic acids is 1. The molecule has 0 saturated heterocycles. The first-order valence-corrected chi connectivity index (χ1v) is 8.17. The van der Waals surface area contributed by atoms with Crippen molar-refractivity contribution in [1.82, 2.24) is 4.98 Å². The highest BCUT2D eigenvalue weighted by atomic mass is 19.4. The highest BCUT2D eigenvalue weighted by molar-refractivity contribution is 5.92. The summed E-state index contributed by atoms with van der Waals surface area (Å²) in [5.74, 6) is -1.03. The number of alkyl halides is 3. The van der Waals surface area contributed by atoms with Crippen LogP contribution in [0.15, 0.2) is 47.3 Å². The van der Waals surface area contributed by atoms with E-state index in [0.29, 0.717) is 17.1 Å². The SMILES string of the molecule is CCOC(=O)Nc1ccc2cc(-c3ccc(F)cc3C(F)(F)F)[nH]c(=O)c2c1. The Hall–Kier alpha value is -3.36. The van der Waals surface area contributed by atoms with Crippen LogP contribution in [0, 0.1) is 5.82 Å². The number of ether oxygens (including phenoxy) is 1. The lowest BCUT2D eigenvalue weighted by atomic mass is 10.0. The lowest BCUT2D eigenvalue weighted by molar-refractivity contribution is -0.137. The Morgan fingerprint density at radius 3 is 2.57 bits per heavy atom. The molecule has 1 aromatic heterocycles. The smallest absolute Gasteiger partial charge is 0.417 e. The number of anilines is 1. The van der Waals surface area contributed by atoms with Crippen molar-refractivity contribution in [1.29, 1.82) is 0 Å². The Balaban J connectivity index is 2.09. The van der Waals surface area contributed by atoms with Crippen LogP contribution in [0.3, 0.4) is 0 Å². The minimum absolute atomic E-state index is 0.101. The van der Waals surface area contributed by atoms with E-state index in [2.05, 4.69) is 10.3 Å². The van der Waals surface area contributed by atoms with Crippen LogP contribution in [0.1, 0.15) is 12.5 Å². The summed E-state index contributed by atoms with van der Waals surface area (Å²) in [5.41, 5.74) is -2.00. The van der Waals surface area contributed by atoms with Gasteiger partial charge in [-0.05, 0) is 48.7 Å². The second-order valence-electron chi connectivity index (χ2n) is 5.85. The number of nitrogens with one attached hydrogen (secondary N) is 2. The first kappa shape index (κ1) is 19.4. The third kappa shape index (κ3) is 3.98. The minimum atomic E-state index is -4.79. The van der Waals surface area contributed by atoms with Gasteiger partial charge < -0.3 is 9.72 Å². The monoisotopic (exact) mass is 394 g/mol. The molecule has 28 heavy (non-hydrogen) atoms. The second kappa shape index (κ2) is 7.34. The van der Waals surface area contributed by atoms with Gasteiger partial charge in [0.15, 0.2) is 0 Å². The Morgan fingerprint density at radius 2 is 1.89 bits per heavy atom. The van der Waals surface area contributed by atoms with Gasteiger partial charge in [-0.3, -0.25) is 10.1 Å². The van der Waals surface area contributed by atoms with E-state index in [0.717, 1.165) is 12.1 Å². The molecule has 0 aliphatic heterocycles. The van der Waals surface area contributed by atoms with Crippen LogP contribution in [-0.4, -0.2) is 17.7 Å². The second-order valence-corrected chi connectivity index (χ2v) is 5.85. The molecule has 0 atom stereocenters. The summed E-state index contributed by atoms with van der Waals surface area (Å²) in [6.07, 6.45) is -5.49. The first-order valence-electron chi connectivity index (χ1n) is 8.17. The van der Waals surface area contributed by atoms with Crippen LogP contribution < -0.4 is 10.9 Å². The van der Waals surface area contributed by atoms with Gasteiger partial charge in [0, 0.05) is 22.3 Å². The van der Waals surface area contributed by atoms with E-state index >= 15 is 0 Å². The van der Waals surface area contributed by atoms with Gasteiger partial charge in [-0.15, -0.1) is 0 Å². The highest BCUT2D eigenvalue weighted by Crippen LogP contribution is 2.37. The number of pyridine rings is 1. The molecule has 1 heterocycles. The van der Waals surface area contributed by atoms with Crippen molar-refractivity contribution >= 4 is 22.6 Å². The molecule has 0 fully saturated rings. The van der Waals surface area contributed by atoms with Crippen molar-refractivity contribution in [2.24, 2.45) is 0 Å². The van der Waals surface area contributed by atoms with Crippen LogP contribution >= 0.6 is 0 Å². The fraction of sp³-hybridized carbons (Fsp3) is 0.158. The average molecular weight is 394 g/mol. The number of amides is 1. The minimum Gasteiger partial charge on any atom is -0.450 e. The maximum absolute atomic E-state index is 13.3. The Bertz CT molecular complexity index is 1110. The molecular formula is C19H14F4N2O3. The fourth-order valence-corrected chi connectivity index (χ4v) is 2.75. The Kier molecular flexibility index (Phi) is 5.08. The van der Waals surface area contributed by atoms with Crippen LogP contribution in [0.4, 0.5) is 28.0 Å². The number of aromatic amines is 1. The van der Waals surface area contributed by atoms with Gasteiger partial charge in [0.05, 0.1) is 12.2 Å². The molecule has 0 saturated carbocycles. The van der Waals surface area contributed by atoms with Crippen molar-refractivity contribution < 1.29 is 27.1 Å². The topological polar surface area (TPSA) is 71.2 Å². The number of benzene rings is 2. The Morgan fingerprint density at radius 1 is 1.14 bits per heavy atom. The third-order valence-corrected chi connectivity index (χ3v) is 3.94. The van der Waals surface area contributed by atoms with E-state index in [1.54, 1.807) is 6.92 Å². The lowest BCUT2D eigenvalue weighted by Gasteiger charge is -2.13. The average Bonchev–Trinajstić information content (AvgIpc) is 2.61. The first-order chi connectivity index (χ1) is 13.2. The fourth-order valence-electron chi connectivity index (χ4n) is 2.75. The van der Waals surface area contributed by atoms with Crippen molar-refractivity contribution in [3.05, 3.63) is 64.2 Å². The molecule has 5 nitrogen and oxygen atoms in total. The molecule has 1 amide bonds. The molecule has 0 bridgehead atoms. The number of fused-ring (bicyclic) bond motifs is 1. The van der Waals surface area contributed by atoms with Crippen LogP contribution in [0.25, 0.3) is 22.0 Å². The van der Waals surface area contributed by atoms with Crippen molar-refractivity contribution in [2.45, 2.75) is 13.1 Å². The molecule has 146 valence electrons. The molecule has 0 aliphatic carbocycles. The Labute approximate surface area is 155 Å². The number of halogens is 4. The number of hydrogen-bond donors (Lipinski definition) is 2. The number of aromatic nitrogens is 1. The molecule has 9 heteroatoms. The van der Waals surface area contributed by atoms with E-state index in [4.69, 9.17) is 4.74 Å². The number of hydrogen-bond acceptors (Lipinski definition) is 3. The summed E-state index contributed by atoms with van der Waals surface area (Å²) in [5, 5.41) is 2.95. The van der Waals surface area contributed by atoms with Gasteiger partial charge in [0.25, 0.3) is 5.56 Å². The van der Waals surface area contributed by atoms with Gasteiger partial charge in [-0.1, -0.05) is 6.07 Å². The zero-order valence-electron chi connectivity index (χ0n) is 14.5. The highest BCUT2D eigenvalue weighted by Gasteiger charge is 2.34. The van der Waals surface area contributed by atoms with Crippen molar-refractivity contribution in [3.8, 4) is 11.3 Å². The van der Waals surface area contributed by atoms with Gasteiger partial charge >= 0.3 is 12.3 Å². The summed E-state index contributed by atoms with van der Waals surface area (Å²) < 4.78 is 57.8. The zero-order valence-corrected chi connectivity index (χ0v) is 14.5. The van der Waals surface area contributed by atoms with Crippen LogP contribution in [-0.2, 0) is 10.9 Å². The van der Waals surface area contributed by atoms with E-state index in [9.17, 15) is 27.2 Å². The van der Waals surface area contributed by atoms with Gasteiger partial charge in [-0.25, -0.2) is 9.18 Å². The van der Waals surface area contributed by atoms with Gasteiger partial charge in [0.1, 0.15) is 5.82 Å². The molecule has 3 rings (SSSR count). The maximum Gasteiger partial charge on any atom is 0.417 e. The molecule has 0 aliphatic rings. The van der Waals surface area contributed by atoms with Crippen molar-refractivity contribution in [2.75, 3.05) is 11.9 Å². The summed E-state index contributed by atoms with van der Waals surface area (Å²) in [6, 6.07) is 7.93. The van der Waals surface area contributed by atoms with Crippen molar-refractivity contribution in [3.63, 3.8) is 0 Å². The predicted octanol–water partition coefficient (Wildman–Crippen LogP) is 4.92. The van der Waals surface area contributed by atoms with E-state index < -0.39 is 29.2 Å². The molecule has 0 radical (unpaired) electrons.